The molecule has 4 nitrogen and oxygen atoms in total. The summed E-state index contributed by atoms with van der Waals surface area (Å²) in [5, 5.41) is 18.5. The first-order valence-electron chi connectivity index (χ1n) is 3.83. The minimum Gasteiger partial charge on any atom is -0.391 e. The third kappa shape index (κ3) is 2.55. The van der Waals surface area contributed by atoms with Crippen LogP contribution in [0.25, 0.3) is 0 Å². The van der Waals surface area contributed by atoms with Crippen LogP contribution in [0.5, 0.6) is 0 Å². The van der Waals surface area contributed by atoms with Crippen LogP contribution in [0.15, 0.2) is 0 Å². The van der Waals surface area contributed by atoms with Crippen molar-refractivity contribution in [2.24, 2.45) is 0 Å². The van der Waals surface area contributed by atoms with E-state index in [1.54, 1.807) is 6.92 Å². The normalized spacial score (nSPS) is 21.1. The molecule has 4 heteroatoms. The average molecular weight is 176 g/mol. The molecule has 0 unspecified atom stereocenters. The Morgan fingerprint density at radius 1 is 1.58 bits per heavy atom. The van der Waals surface area contributed by atoms with Crippen molar-refractivity contribution in [1.29, 1.82) is 0 Å². The first-order chi connectivity index (χ1) is 5.48. The summed E-state index contributed by atoms with van der Waals surface area (Å²) in [6.45, 7) is 3.03. The molecule has 0 aliphatic carbocycles. The Balaban J connectivity index is 4.38. The van der Waals surface area contributed by atoms with Crippen molar-refractivity contribution in [3.63, 3.8) is 0 Å². The third-order valence-corrected chi connectivity index (χ3v) is 2.04. The van der Waals surface area contributed by atoms with Gasteiger partial charge in [-0.25, -0.2) is 0 Å². The van der Waals surface area contributed by atoms with Gasteiger partial charge in [-0.1, -0.05) is 0 Å². The van der Waals surface area contributed by atoms with E-state index in [0.717, 1.165) is 0 Å². The third-order valence-electron chi connectivity index (χ3n) is 2.04. The number of carbonyl (C=O) groups is 1. The zero-order chi connectivity index (χ0) is 9.78. The predicted octanol–water partition coefficient (Wildman–Crippen LogP) is -0.278. The molecule has 0 aromatic carbocycles. The van der Waals surface area contributed by atoms with Gasteiger partial charge in [0.1, 0.15) is 12.4 Å². The summed E-state index contributed by atoms with van der Waals surface area (Å²) in [5.74, 6) is 0. The first-order valence-corrected chi connectivity index (χ1v) is 3.83. The van der Waals surface area contributed by atoms with Crippen LogP contribution in [-0.4, -0.2) is 41.4 Å². The minimum atomic E-state index is -1.05. The molecule has 0 bridgehead atoms. The van der Waals surface area contributed by atoms with E-state index in [2.05, 4.69) is 0 Å². The van der Waals surface area contributed by atoms with Gasteiger partial charge in [-0.2, -0.15) is 0 Å². The number of hydrogen-bond acceptors (Lipinski definition) is 4. The van der Waals surface area contributed by atoms with Crippen LogP contribution in [0, 0.1) is 0 Å². The molecule has 0 heterocycles. The number of rotatable bonds is 5. The SMILES string of the molecule is CO[C@@](C)(CC=O)[C@@H](O)[C@H](C)O. The van der Waals surface area contributed by atoms with Crippen LogP contribution < -0.4 is 0 Å². The quantitative estimate of drug-likeness (QED) is 0.565. The number of ether oxygens (including phenoxy) is 1. The smallest absolute Gasteiger partial charge is 0.122 e. The highest BCUT2D eigenvalue weighted by Crippen LogP contribution is 2.20. The maximum atomic E-state index is 10.2. The molecule has 3 atom stereocenters. The van der Waals surface area contributed by atoms with Crippen LogP contribution in [0.2, 0.25) is 0 Å². The fraction of sp³-hybridized carbons (Fsp3) is 0.875. The minimum absolute atomic E-state index is 0.0650. The molecule has 0 aliphatic rings. The largest absolute Gasteiger partial charge is 0.391 e. The lowest BCUT2D eigenvalue weighted by atomic mass is 9.92. The standard InChI is InChI=1S/C8H16O4/c1-6(10)7(11)8(2,12-3)4-5-9/h5-7,10-11H,4H2,1-3H3/t6-,7-,8-/m0/s1. The summed E-state index contributed by atoms with van der Waals surface area (Å²) in [5.41, 5.74) is -0.990. The molecule has 0 aliphatic heterocycles. The number of carbonyl (C=O) groups excluding carboxylic acids is 1. The maximum absolute atomic E-state index is 10.2. The highest BCUT2D eigenvalue weighted by Gasteiger charge is 2.35. The lowest BCUT2D eigenvalue weighted by Gasteiger charge is -2.33. The average Bonchev–Trinajstić information content (AvgIpc) is 2.03. The highest BCUT2D eigenvalue weighted by molar-refractivity contribution is 5.51. The molecule has 12 heavy (non-hydrogen) atoms. The van der Waals surface area contributed by atoms with Crippen LogP contribution in [0.3, 0.4) is 0 Å². The molecule has 0 amide bonds. The van der Waals surface area contributed by atoms with Gasteiger partial charge in [-0.3, -0.25) is 0 Å². The Bertz CT molecular complexity index is 146. The van der Waals surface area contributed by atoms with Crippen LogP contribution in [0.1, 0.15) is 20.3 Å². The summed E-state index contributed by atoms with van der Waals surface area (Å²) in [7, 11) is 1.40. The second-order valence-electron chi connectivity index (χ2n) is 3.07. The molecule has 0 saturated carbocycles. The van der Waals surface area contributed by atoms with Crippen molar-refractivity contribution in [2.45, 2.75) is 38.1 Å². The van der Waals surface area contributed by atoms with Gasteiger partial charge < -0.3 is 19.7 Å². The van der Waals surface area contributed by atoms with Gasteiger partial charge in [0, 0.05) is 13.5 Å². The van der Waals surface area contributed by atoms with E-state index in [-0.39, 0.29) is 6.42 Å². The lowest BCUT2D eigenvalue weighted by Crippen LogP contribution is -2.47. The number of hydrogen-bond donors (Lipinski definition) is 2. The van der Waals surface area contributed by atoms with Gasteiger partial charge in [0.15, 0.2) is 0 Å². The second-order valence-corrected chi connectivity index (χ2v) is 3.07. The molecule has 2 N–H and O–H groups in total. The molecule has 0 saturated heterocycles. The van der Waals surface area contributed by atoms with Crippen molar-refractivity contribution in [2.75, 3.05) is 7.11 Å². The molecule has 72 valence electrons. The molecule has 0 fully saturated rings. The first kappa shape index (κ1) is 11.6. The van der Waals surface area contributed by atoms with Gasteiger partial charge in [0.25, 0.3) is 0 Å². The van der Waals surface area contributed by atoms with Crippen molar-refractivity contribution in [3.8, 4) is 0 Å². The van der Waals surface area contributed by atoms with Crippen LogP contribution >= 0.6 is 0 Å². The van der Waals surface area contributed by atoms with Gasteiger partial charge >= 0.3 is 0 Å². The van der Waals surface area contributed by atoms with Crippen LogP contribution in [-0.2, 0) is 9.53 Å². The predicted molar refractivity (Wildman–Crippen MR) is 43.8 cm³/mol. The summed E-state index contributed by atoms with van der Waals surface area (Å²) in [6.07, 6.45) is -1.23. The summed E-state index contributed by atoms with van der Waals surface area (Å²) in [4.78, 5) is 10.2. The molecule has 0 aromatic rings. The van der Waals surface area contributed by atoms with Crippen molar-refractivity contribution < 1.29 is 19.7 Å². The monoisotopic (exact) mass is 176 g/mol. The lowest BCUT2D eigenvalue weighted by molar-refractivity contribution is -0.141. The van der Waals surface area contributed by atoms with E-state index >= 15 is 0 Å². The number of aliphatic hydroxyl groups is 2. The van der Waals surface area contributed by atoms with Crippen molar-refractivity contribution >= 4 is 6.29 Å². The van der Waals surface area contributed by atoms with Gasteiger partial charge in [-0.15, -0.1) is 0 Å². The van der Waals surface area contributed by atoms with E-state index < -0.39 is 17.8 Å². The molecule has 0 rings (SSSR count). The summed E-state index contributed by atoms with van der Waals surface area (Å²) < 4.78 is 4.96. The highest BCUT2D eigenvalue weighted by atomic mass is 16.5. The topological polar surface area (TPSA) is 66.8 Å². The maximum Gasteiger partial charge on any atom is 0.122 e. The van der Waals surface area contributed by atoms with Crippen molar-refractivity contribution in [1.82, 2.24) is 0 Å². The fourth-order valence-electron chi connectivity index (χ4n) is 1.00. The van der Waals surface area contributed by atoms with Crippen LogP contribution in [0.4, 0.5) is 0 Å². The van der Waals surface area contributed by atoms with Gasteiger partial charge in [-0.05, 0) is 13.8 Å². The Morgan fingerprint density at radius 3 is 2.33 bits per heavy atom. The number of aliphatic hydroxyl groups excluding tert-OH is 2. The number of aldehydes is 1. The van der Waals surface area contributed by atoms with E-state index in [1.165, 1.54) is 14.0 Å². The summed E-state index contributed by atoms with van der Waals surface area (Å²) in [6, 6.07) is 0. The number of methoxy groups -OCH3 is 1. The Kier molecular flexibility index (Phi) is 4.37. The summed E-state index contributed by atoms with van der Waals surface area (Å²) >= 11 is 0. The Hall–Kier alpha value is -0.450. The second kappa shape index (κ2) is 4.54. The zero-order valence-electron chi connectivity index (χ0n) is 7.65. The molecule has 0 aromatic heterocycles. The molecular formula is C8H16O4. The van der Waals surface area contributed by atoms with Crippen molar-refractivity contribution in [3.05, 3.63) is 0 Å². The van der Waals surface area contributed by atoms with Gasteiger partial charge in [0.05, 0.1) is 11.7 Å². The van der Waals surface area contributed by atoms with Gasteiger partial charge in [0.2, 0.25) is 0 Å². The zero-order valence-corrected chi connectivity index (χ0v) is 7.65. The Labute approximate surface area is 72.2 Å². The van der Waals surface area contributed by atoms with E-state index in [4.69, 9.17) is 9.84 Å². The van der Waals surface area contributed by atoms with E-state index in [9.17, 15) is 9.90 Å². The van der Waals surface area contributed by atoms with E-state index in [1.807, 2.05) is 0 Å². The fourth-order valence-corrected chi connectivity index (χ4v) is 1.00. The van der Waals surface area contributed by atoms with E-state index in [0.29, 0.717) is 6.29 Å². The Morgan fingerprint density at radius 2 is 2.08 bits per heavy atom. The molecule has 0 radical (unpaired) electrons. The molecular weight excluding hydrogens is 160 g/mol. The molecule has 0 spiro atoms.